The van der Waals surface area contributed by atoms with Crippen LogP contribution in [0.3, 0.4) is 0 Å². The number of halogens is 9. The van der Waals surface area contributed by atoms with Gasteiger partial charge in [-0.2, -0.15) is 26.3 Å². The number of thiophene rings is 3. The highest BCUT2D eigenvalue weighted by Crippen LogP contribution is 2.47. The van der Waals surface area contributed by atoms with Crippen molar-refractivity contribution in [1.29, 1.82) is 0 Å². The molecule has 0 bridgehead atoms. The summed E-state index contributed by atoms with van der Waals surface area (Å²) in [5, 5.41) is 32.3. The first-order chi connectivity index (χ1) is 51.2. The van der Waals surface area contributed by atoms with Gasteiger partial charge >= 0.3 is 12.4 Å². The van der Waals surface area contributed by atoms with Crippen molar-refractivity contribution in [2.24, 2.45) is 17.8 Å². The molecule has 3 aliphatic rings. The Hall–Kier alpha value is -9.72. The van der Waals surface area contributed by atoms with E-state index in [1.807, 2.05) is 91.5 Å². The quantitative estimate of drug-likeness (QED) is 0.0438. The summed E-state index contributed by atoms with van der Waals surface area (Å²) >= 11 is 10.1. The van der Waals surface area contributed by atoms with Gasteiger partial charge in [0.2, 0.25) is 23.8 Å². The lowest BCUT2D eigenvalue weighted by atomic mass is 9.99. The van der Waals surface area contributed by atoms with E-state index in [1.165, 1.54) is 40.1 Å². The number of ketones is 3. The molecule has 3 aromatic heterocycles. The summed E-state index contributed by atoms with van der Waals surface area (Å²) in [6.45, 7) is 6.87. The normalized spacial score (nSPS) is 14.6. The van der Waals surface area contributed by atoms with Crippen LogP contribution in [0.1, 0.15) is 73.5 Å². The van der Waals surface area contributed by atoms with E-state index < -0.39 is 36.5 Å². The number of fused-ring (bicyclic) bond motifs is 3. The van der Waals surface area contributed by atoms with Gasteiger partial charge in [0, 0.05) is 112 Å². The van der Waals surface area contributed by atoms with Crippen molar-refractivity contribution >= 4 is 93.2 Å². The lowest BCUT2D eigenvalue weighted by Crippen LogP contribution is -2.53. The summed E-state index contributed by atoms with van der Waals surface area (Å²) in [7, 11) is 0. The van der Waals surface area contributed by atoms with Gasteiger partial charge in [-0.3, -0.25) is 14.4 Å². The minimum absolute atomic E-state index is 0.0493. The third kappa shape index (κ3) is 18.0. The van der Waals surface area contributed by atoms with E-state index in [9.17, 15) is 64.8 Å². The van der Waals surface area contributed by atoms with Gasteiger partial charge in [0.1, 0.15) is 49.1 Å². The highest BCUT2D eigenvalue weighted by atomic mass is 35.5. The number of phenols is 3. The Bertz CT molecular complexity index is 5190. The Labute approximate surface area is 627 Å². The average Bonchev–Trinajstić information content (AvgIpc) is 1.59. The minimum Gasteiger partial charge on any atom is -0.508 e. The molecule has 107 heavy (non-hydrogen) atoms. The lowest BCUT2D eigenvalue weighted by Gasteiger charge is -2.40. The fraction of sp³-hybridized carbons (Fsp3) is 0.241. The first-order valence-electron chi connectivity index (χ1n) is 34.4. The Balaban J connectivity index is 0.000000142. The first-order valence-corrected chi connectivity index (χ1v) is 37.2. The molecular formula is C83H70ClF8N3O9S3. The average molecular weight is 1540 g/mol. The summed E-state index contributed by atoms with van der Waals surface area (Å²) in [5.74, 6) is -0.206. The van der Waals surface area contributed by atoms with Crippen molar-refractivity contribution in [3.8, 4) is 51.7 Å². The predicted molar refractivity (Wildman–Crippen MR) is 403 cm³/mol. The number of alkyl halides is 8. The molecule has 0 unspecified atom stereocenters. The molecule has 24 heteroatoms. The van der Waals surface area contributed by atoms with Crippen LogP contribution in [0.15, 0.2) is 200 Å². The largest absolute Gasteiger partial charge is 0.508 e. The number of nitrogens with zero attached hydrogens (tertiary/aromatic N) is 3. The fourth-order valence-electron chi connectivity index (χ4n) is 12.8. The van der Waals surface area contributed by atoms with Crippen LogP contribution in [0.25, 0.3) is 30.3 Å². The van der Waals surface area contributed by atoms with Gasteiger partial charge in [-0.1, -0.05) is 108 Å². The number of hydrogen-bond acceptors (Lipinski definition) is 15. The van der Waals surface area contributed by atoms with E-state index in [2.05, 4.69) is 0 Å². The molecule has 0 atom stereocenters. The zero-order valence-corrected chi connectivity index (χ0v) is 60.8. The van der Waals surface area contributed by atoms with Gasteiger partial charge in [-0.15, -0.1) is 34.0 Å². The molecule has 0 aliphatic carbocycles. The molecule has 552 valence electrons. The van der Waals surface area contributed by atoms with Crippen LogP contribution in [0.5, 0.6) is 51.7 Å². The molecule has 0 radical (unpaired) electrons. The van der Waals surface area contributed by atoms with Crippen LogP contribution in [0.2, 0.25) is 5.02 Å². The maximum atomic E-state index is 13.6. The molecule has 6 heterocycles. The second-order valence-corrected chi connectivity index (χ2v) is 30.4. The van der Waals surface area contributed by atoms with E-state index >= 15 is 0 Å². The first kappa shape index (κ1) is 75.5. The molecule has 0 saturated carbocycles. The van der Waals surface area contributed by atoms with Crippen molar-refractivity contribution in [2.45, 2.75) is 51.9 Å². The molecule has 0 spiro atoms. The molecule has 15 rings (SSSR count). The van der Waals surface area contributed by atoms with Crippen LogP contribution in [0.4, 0.5) is 35.1 Å². The summed E-state index contributed by atoms with van der Waals surface area (Å²) in [6, 6.07) is 58.6. The monoisotopic (exact) mass is 1540 g/mol. The number of aryl methyl sites for hydroxylation is 2. The molecule has 3 saturated heterocycles. The maximum Gasteiger partial charge on any atom is 0.394 e. The topological polar surface area (TPSA) is 149 Å². The number of phenolic OH excluding ortho intramolecular Hbond substituents is 3. The van der Waals surface area contributed by atoms with Crippen LogP contribution in [-0.2, 0) is 19.3 Å². The van der Waals surface area contributed by atoms with Crippen molar-refractivity contribution in [3.63, 3.8) is 0 Å². The third-order valence-electron chi connectivity index (χ3n) is 19.1. The van der Waals surface area contributed by atoms with Gasteiger partial charge < -0.3 is 44.2 Å². The van der Waals surface area contributed by atoms with Crippen molar-refractivity contribution in [2.75, 3.05) is 58.9 Å². The van der Waals surface area contributed by atoms with Crippen molar-refractivity contribution in [1.82, 2.24) is 14.7 Å². The standard InChI is InChI=1S/C29H27F2NO3S.C27H21ClF3NO3S.C27H22F3NO3S/c1-17-3-4-18(2)24(13-17)26(34)28-27(23-10-7-21(33)14-25(23)36-28)35-22-8-5-19(6-9-22)11-12-32-15-20(16-32)29(30)31;28-22-4-2-1-3-20(22)24(34)26-25(21-10-7-18(33)13-23(21)36-26)35-19-8-5-16(6-9-19)11-12-32-14-17(15-32)27(29,30)31;28-27(29,30)19-15-31(16-19)13-12-17-6-9-21(10-7-17)34-25-22-11-8-20(32)14-23(22)35-26(25)24(33)18-4-2-1-3-5-18/h3-10,13-14,20,29,33H,11-12,15-16H2,1-2H3;1-10,13,17,33H,11-12,14-15H2;1-11,14,19,32H,12-13,15-16H2. The Kier molecular flexibility index (Phi) is 22.9. The van der Waals surface area contributed by atoms with Gasteiger partial charge in [0.15, 0.2) is 17.2 Å². The number of carbonyl (C=O) groups is 3. The second-order valence-electron chi connectivity index (χ2n) is 26.8. The molecule has 0 amide bonds. The third-order valence-corrected chi connectivity index (χ3v) is 22.8. The molecular weight excluding hydrogens is 1470 g/mol. The van der Waals surface area contributed by atoms with Crippen LogP contribution >= 0.6 is 45.6 Å². The fourth-order valence-corrected chi connectivity index (χ4v) is 16.4. The molecule has 9 aromatic carbocycles. The Morgan fingerprint density at radius 2 is 0.813 bits per heavy atom. The maximum absolute atomic E-state index is 13.6. The van der Waals surface area contributed by atoms with Crippen LogP contribution in [-0.4, -0.2) is 125 Å². The number of ether oxygens (including phenoxy) is 3. The van der Waals surface area contributed by atoms with Crippen molar-refractivity contribution in [3.05, 3.63) is 264 Å². The van der Waals surface area contributed by atoms with Crippen LogP contribution in [0, 0.1) is 31.6 Å². The van der Waals surface area contributed by atoms with Crippen molar-refractivity contribution < 1.29 is 79.0 Å². The number of likely N-dealkylation sites (tertiary alicyclic amines) is 3. The second kappa shape index (κ2) is 32.4. The predicted octanol–water partition coefficient (Wildman–Crippen LogP) is 21.0. The number of hydrogen-bond donors (Lipinski definition) is 3. The zero-order valence-electron chi connectivity index (χ0n) is 57.6. The van der Waals surface area contributed by atoms with Gasteiger partial charge in [-0.25, -0.2) is 8.78 Å². The number of benzene rings is 9. The lowest BCUT2D eigenvalue weighted by molar-refractivity contribution is -0.209. The molecule has 3 N–H and O–H groups in total. The zero-order chi connectivity index (χ0) is 75.4. The smallest absolute Gasteiger partial charge is 0.394 e. The Morgan fingerprint density at radius 3 is 1.20 bits per heavy atom. The van der Waals surface area contributed by atoms with Gasteiger partial charge in [0.05, 0.1) is 16.9 Å². The van der Waals surface area contributed by atoms with E-state index in [0.29, 0.717) is 120 Å². The molecule has 12 nitrogen and oxygen atoms in total. The van der Waals surface area contributed by atoms with E-state index in [4.69, 9.17) is 25.8 Å². The Morgan fingerprint density at radius 1 is 0.449 bits per heavy atom. The van der Waals surface area contributed by atoms with E-state index in [1.54, 1.807) is 131 Å². The number of rotatable bonds is 22. The van der Waals surface area contributed by atoms with Gasteiger partial charge in [-0.05, 0) is 165 Å². The van der Waals surface area contributed by atoms with E-state index in [0.717, 1.165) is 61.0 Å². The summed E-state index contributed by atoms with van der Waals surface area (Å²) in [4.78, 5) is 47.1. The van der Waals surface area contributed by atoms with Gasteiger partial charge in [0.25, 0.3) is 0 Å². The SMILES string of the molecule is Cc1ccc(C)c(C(=O)c2sc3cc(O)ccc3c2Oc2ccc(CCN3CC(C(F)F)C3)cc2)c1.O=C(c1ccccc1)c1sc2cc(O)ccc2c1Oc1ccc(CCN2CC(C(F)(F)F)C2)cc1.O=C(c1ccccc1Cl)c1sc2cc(O)ccc2c1Oc1ccc(CCN2CC(C(F)(F)F)C2)cc1. The molecule has 12 aromatic rings. The minimum atomic E-state index is -4.12. The summed E-state index contributed by atoms with van der Waals surface area (Å²) < 4.78 is 122. The highest BCUT2D eigenvalue weighted by molar-refractivity contribution is 7.22. The highest BCUT2D eigenvalue weighted by Gasteiger charge is 2.48. The number of aromatic hydroxyl groups is 3. The van der Waals surface area contributed by atoms with E-state index in [-0.39, 0.29) is 60.8 Å². The molecule has 3 aliphatic heterocycles. The molecule has 3 fully saturated rings. The summed E-state index contributed by atoms with van der Waals surface area (Å²) in [5.41, 5.74) is 6.49. The van der Waals surface area contributed by atoms with Crippen LogP contribution < -0.4 is 14.2 Å². The summed E-state index contributed by atoms with van der Waals surface area (Å²) in [6.07, 6.45) is -8.42. The number of carbonyl (C=O) groups excluding carboxylic acids is 3.